The van der Waals surface area contributed by atoms with Crippen molar-refractivity contribution < 1.29 is 30.3 Å². The third-order valence-electron chi connectivity index (χ3n) is 4.73. The predicted octanol–water partition coefficient (Wildman–Crippen LogP) is 3.78. The first-order valence-electron chi connectivity index (χ1n) is 11.5. The van der Waals surface area contributed by atoms with Crippen LogP contribution in [-0.2, 0) is 19.7 Å². The van der Waals surface area contributed by atoms with Gasteiger partial charge in [-0.25, -0.2) is 25.6 Å². The lowest BCUT2D eigenvalue weighted by atomic mass is 10.1. The summed E-state index contributed by atoms with van der Waals surface area (Å²) >= 11 is 0. The number of unbranched alkanes of at least 4 members (excludes halogenated alkanes) is 2. The maximum atomic E-state index is 13.2. The third-order valence-corrected chi connectivity index (χ3v) is 8.20. The highest BCUT2D eigenvalue weighted by Gasteiger charge is 2.21. The van der Waals surface area contributed by atoms with Crippen molar-refractivity contribution in [2.24, 2.45) is 0 Å². The van der Waals surface area contributed by atoms with Crippen molar-refractivity contribution in [1.29, 1.82) is 0 Å². The zero-order valence-corrected chi connectivity index (χ0v) is 23.6. The number of alkyl halides is 2. The van der Waals surface area contributed by atoms with E-state index in [0.717, 1.165) is 13.0 Å². The van der Waals surface area contributed by atoms with Crippen molar-refractivity contribution in [3.05, 3.63) is 5.21 Å². The summed E-state index contributed by atoms with van der Waals surface area (Å²) < 4.78 is 72.1. The van der Waals surface area contributed by atoms with E-state index in [2.05, 4.69) is 0 Å². The van der Waals surface area contributed by atoms with Crippen LogP contribution in [0.15, 0.2) is 0 Å². The minimum atomic E-state index is -3.18. The van der Waals surface area contributed by atoms with E-state index in [1.807, 2.05) is 19.0 Å². The maximum absolute atomic E-state index is 13.2. The Bertz CT molecular complexity index is 721. The van der Waals surface area contributed by atoms with Gasteiger partial charge in [0.25, 0.3) is 0 Å². The van der Waals surface area contributed by atoms with Crippen LogP contribution >= 0.6 is 0 Å². The molecule has 0 saturated carbocycles. The zero-order valence-electron chi connectivity index (χ0n) is 22.0. The second kappa shape index (κ2) is 14.9. The first-order valence-corrected chi connectivity index (χ1v) is 15.2. The Labute approximate surface area is 201 Å². The number of hydroxylamine groups is 3. The molecule has 0 bridgehead atoms. The normalized spacial score (nSPS) is 13.7. The highest BCUT2D eigenvalue weighted by Crippen LogP contribution is 2.16. The van der Waals surface area contributed by atoms with Crippen LogP contribution in [0.3, 0.4) is 0 Å². The first-order chi connectivity index (χ1) is 14.5. The van der Waals surface area contributed by atoms with Crippen molar-refractivity contribution in [1.82, 2.24) is 4.90 Å². The summed E-state index contributed by atoms with van der Waals surface area (Å²) in [6.07, 6.45) is 2.69. The molecule has 0 rings (SSSR count). The molecule has 0 aromatic carbocycles. The van der Waals surface area contributed by atoms with Crippen LogP contribution in [0.5, 0.6) is 0 Å². The topological polar surface area (TPSA) is 94.6 Å². The zero-order chi connectivity index (χ0) is 26.6. The fourth-order valence-corrected chi connectivity index (χ4v) is 5.85. The summed E-state index contributed by atoms with van der Waals surface area (Å²) in [7, 11) is 0.720. The van der Waals surface area contributed by atoms with Gasteiger partial charge in [0.15, 0.2) is 0 Å². The molecule has 7 nitrogen and oxygen atoms in total. The van der Waals surface area contributed by atoms with E-state index in [1.165, 1.54) is 41.8 Å². The summed E-state index contributed by atoms with van der Waals surface area (Å²) in [6.45, 7) is 6.87. The number of quaternary nitrogens is 1. The summed E-state index contributed by atoms with van der Waals surface area (Å²) in [5, 5.41) is 11.2. The van der Waals surface area contributed by atoms with E-state index < -0.39 is 35.7 Å². The molecule has 0 aromatic heterocycles. The molecular formula is C22H48F2N2O5S2. The smallest absolute Gasteiger partial charge is 0.150 e. The lowest BCUT2D eigenvalue weighted by Gasteiger charge is -2.33. The molecule has 0 N–H and O–H groups in total. The number of rotatable bonds is 16. The van der Waals surface area contributed by atoms with Crippen molar-refractivity contribution in [2.75, 3.05) is 64.3 Å². The molecule has 0 unspecified atom stereocenters. The molecule has 0 aliphatic carbocycles. The molecule has 202 valence electrons. The SMILES string of the molecule is CC(C)(F)CCS(=O)(=O)CCCC[N+](C)(C)[O-].CN(C)CCCCS(=O)(=O)CCC(C)(C)F. The summed E-state index contributed by atoms with van der Waals surface area (Å²) in [5.74, 6) is 0.0601. The lowest BCUT2D eigenvalue weighted by Crippen LogP contribution is -2.33. The van der Waals surface area contributed by atoms with E-state index in [-0.39, 0.29) is 35.9 Å². The Morgan fingerprint density at radius 1 is 0.727 bits per heavy atom. The molecule has 0 aliphatic heterocycles. The average Bonchev–Trinajstić information content (AvgIpc) is 2.58. The third kappa shape index (κ3) is 29.6. The van der Waals surface area contributed by atoms with Gasteiger partial charge in [-0.05, 0) is 86.9 Å². The molecule has 11 heteroatoms. The van der Waals surface area contributed by atoms with E-state index >= 15 is 0 Å². The largest absolute Gasteiger partial charge is 0.633 e. The van der Waals surface area contributed by atoms with Crippen LogP contribution in [-0.4, -0.2) is 102 Å². The number of hydrogen-bond donors (Lipinski definition) is 0. The number of nitrogens with zero attached hydrogens (tertiary/aromatic N) is 2. The second-order valence-corrected chi connectivity index (χ2v) is 15.4. The number of hydrogen-bond acceptors (Lipinski definition) is 6. The van der Waals surface area contributed by atoms with Crippen LogP contribution in [0.1, 0.15) is 66.2 Å². The van der Waals surface area contributed by atoms with Crippen molar-refractivity contribution >= 4 is 19.7 Å². The molecule has 0 radical (unpaired) electrons. The van der Waals surface area contributed by atoms with E-state index in [0.29, 0.717) is 25.8 Å². The minimum Gasteiger partial charge on any atom is -0.633 e. The van der Waals surface area contributed by atoms with Gasteiger partial charge in [-0.3, -0.25) is 0 Å². The van der Waals surface area contributed by atoms with Gasteiger partial charge < -0.3 is 14.8 Å². The summed E-state index contributed by atoms with van der Waals surface area (Å²) in [6, 6.07) is 0. The van der Waals surface area contributed by atoms with Crippen LogP contribution in [0, 0.1) is 5.21 Å². The van der Waals surface area contributed by atoms with Gasteiger partial charge in [0.2, 0.25) is 0 Å². The van der Waals surface area contributed by atoms with Crippen LogP contribution < -0.4 is 0 Å². The van der Waals surface area contributed by atoms with Crippen molar-refractivity contribution in [2.45, 2.75) is 77.6 Å². The molecule has 0 aromatic rings. The molecule has 0 heterocycles. The highest BCUT2D eigenvalue weighted by molar-refractivity contribution is 7.91. The fourth-order valence-electron chi connectivity index (χ4n) is 2.57. The van der Waals surface area contributed by atoms with Crippen LogP contribution in [0.4, 0.5) is 8.78 Å². The van der Waals surface area contributed by atoms with Gasteiger partial charge in [-0.2, -0.15) is 0 Å². The Kier molecular flexibility index (Phi) is 15.7. The Hall–Kier alpha value is -0.360. The van der Waals surface area contributed by atoms with Gasteiger partial charge in [0, 0.05) is 0 Å². The van der Waals surface area contributed by atoms with Crippen LogP contribution in [0.25, 0.3) is 0 Å². The molecule has 0 spiro atoms. The van der Waals surface area contributed by atoms with E-state index in [4.69, 9.17) is 0 Å². The second-order valence-electron chi connectivity index (χ2n) is 10.8. The van der Waals surface area contributed by atoms with Gasteiger partial charge in [0.1, 0.15) is 31.0 Å². The average molecular weight is 523 g/mol. The maximum Gasteiger partial charge on any atom is 0.150 e. The molecule has 0 fully saturated rings. The minimum absolute atomic E-state index is 0.0262. The van der Waals surface area contributed by atoms with E-state index in [9.17, 15) is 30.8 Å². The van der Waals surface area contributed by atoms with Gasteiger partial charge in [0.05, 0.1) is 43.7 Å². The molecular weight excluding hydrogens is 474 g/mol. The Morgan fingerprint density at radius 2 is 1.09 bits per heavy atom. The fraction of sp³-hybridized carbons (Fsp3) is 1.00. The number of sulfone groups is 2. The highest BCUT2D eigenvalue weighted by atomic mass is 32.2. The predicted molar refractivity (Wildman–Crippen MR) is 134 cm³/mol. The Balaban J connectivity index is 0. The lowest BCUT2D eigenvalue weighted by molar-refractivity contribution is -0.840. The molecule has 33 heavy (non-hydrogen) atoms. The molecule has 0 atom stereocenters. The summed E-state index contributed by atoms with van der Waals surface area (Å²) in [4.78, 5) is 2.03. The number of halogens is 2. The quantitative estimate of drug-likeness (QED) is 0.174. The van der Waals surface area contributed by atoms with Crippen molar-refractivity contribution in [3.63, 3.8) is 0 Å². The standard InChI is InChI=1S/C11H24FNO3S.C11H24FNO2S/c1-11(2,12)7-10-17(15,16)9-6-5-8-13(3,4)14;1-11(2,12)7-10-16(14,15)9-6-5-8-13(3)4/h5-10H2,1-4H3;5-10H2,1-4H3. The first kappa shape index (κ1) is 34.8. The monoisotopic (exact) mass is 522 g/mol. The van der Waals surface area contributed by atoms with Crippen LogP contribution in [0.2, 0.25) is 0 Å². The summed E-state index contributed by atoms with van der Waals surface area (Å²) in [5.41, 5.74) is -2.84. The van der Waals surface area contributed by atoms with Gasteiger partial charge >= 0.3 is 0 Å². The Morgan fingerprint density at radius 3 is 1.39 bits per heavy atom. The van der Waals surface area contributed by atoms with Crippen molar-refractivity contribution in [3.8, 4) is 0 Å². The molecule has 0 saturated heterocycles. The molecule has 0 amide bonds. The van der Waals surface area contributed by atoms with Gasteiger partial charge in [-0.15, -0.1) is 0 Å². The van der Waals surface area contributed by atoms with Gasteiger partial charge in [-0.1, -0.05) is 0 Å². The molecule has 0 aliphatic rings. The van der Waals surface area contributed by atoms with E-state index in [1.54, 1.807) is 0 Å².